The van der Waals surface area contributed by atoms with Gasteiger partial charge in [0.2, 0.25) is 4.80 Å². The van der Waals surface area contributed by atoms with Crippen LogP contribution in [0.15, 0.2) is 4.99 Å². The molecule has 56 valence electrons. The van der Waals surface area contributed by atoms with Crippen molar-refractivity contribution in [2.24, 2.45) is 4.99 Å². The summed E-state index contributed by atoms with van der Waals surface area (Å²) in [6.07, 6.45) is 0. The molecule has 1 heterocycles. The van der Waals surface area contributed by atoms with Crippen molar-refractivity contribution in [1.29, 1.82) is 0 Å². The third kappa shape index (κ3) is 1.54. The molecule has 0 aliphatic rings. The van der Waals surface area contributed by atoms with Gasteiger partial charge in [0.05, 0.1) is 0 Å². The third-order valence-corrected chi connectivity index (χ3v) is 3.21. The number of hydrogen-bond acceptors (Lipinski definition) is 5. The van der Waals surface area contributed by atoms with Crippen LogP contribution < -0.4 is 9.70 Å². The highest BCUT2D eigenvalue weighted by Gasteiger charge is 1.97. The Bertz CT molecular complexity index is 260. The molecule has 0 aliphatic carbocycles. The fourth-order valence-corrected chi connectivity index (χ4v) is 2.48. The standard InChI is InChI=1S/C5H9N3S2/c1-6-4-7-5(8(2)3)10-9-4/h1-3H3. The van der Waals surface area contributed by atoms with Crippen molar-refractivity contribution >= 4 is 25.8 Å². The lowest BCUT2D eigenvalue weighted by Gasteiger charge is -2.03. The second kappa shape index (κ2) is 3.12. The van der Waals surface area contributed by atoms with Crippen molar-refractivity contribution in [2.45, 2.75) is 0 Å². The first-order valence-electron chi connectivity index (χ1n) is 2.81. The summed E-state index contributed by atoms with van der Waals surface area (Å²) in [5.74, 6) is 0. The van der Waals surface area contributed by atoms with Gasteiger partial charge in [-0.25, -0.2) is 0 Å². The average molecular weight is 175 g/mol. The van der Waals surface area contributed by atoms with Gasteiger partial charge in [-0.1, -0.05) is 0 Å². The van der Waals surface area contributed by atoms with Crippen LogP contribution in [0.2, 0.25) is 0 Å². The Labute approximate surface area is 67.1 Å². The maximum absolute atomic E-state index is 4.22. The van der Waals surface area contributed by atoms with Crippen molar-refractivity contribution in [3.63, 3.8) is 0 Å². The maximum Gasteiger partial charge on any atom is 0.216 e. The van der Waals surface area contributed by atoms with Crippen LogP contribution in [0.3, 0.4) is 0 Å². The topological polar surface area (TPSA) is 28.5 Å². The molecule has 0 fully saturated rings. The zero-order valence-corrected chi connectivity index (χ0v) is 7.79. The zero-order valence-electron chi connectivity index (χ0n) is 6.16. The lowest BCUT2D eigenvalue weighted by Crippen LogP contribution is -2.10. The van der Waals surface area contributed by atoms with Crippen LogP contribution in [0.25, 0.3) is 0 Å². The van der Waals surface area contributed by atoms with Gasteiger partial charge >= 0.3 is 0 Å². The van der Waals surface area contributed by atoms with Crippen LogP contribution in [0.5, 0.6) is 0 Å². The van der Waals surface area contributed by atoms with Crippen LogP contribution in [0.4, 0.5) is 5.13 Å². The number of nitrogens with zero attached hydrogens (tertiary/aromatic N) is 3. The van der Waals surface area contributed by atoms with Crippen molar-refractivity contribution in [3.8, 4) is 0 Å². The predicted octanol–water partition coefficient (Wildman–Crippen LogP) is 0.801. The number of rotatable bonds is 1. The number of hydrogen-bond donors (Lipinski definition) is 0. The van der Waals surface area contributed by atoms with Gasteiger partial charge in [0.25, 0.3) is 0 Å². The lowest BCUT2D eigenvalue weighted by molar-refractivity contribution is 1.07. The summed E-state index contributed by atoms with van der Waals surface area (Å²) in [4.78, 5) is 11.0. The van der Waals surface area contributed by atoms with E-state index in [0.717, 1.165) is 9.93 Å². The normalized spacial score (nSPS) is 12.1. The summed E-state index contributed by atoms with van der Waals surface area (Å²) in [5, 5.41) is 1.02. The van der Waals surface area contributed by atoms with Crippen LogP contribution in [0, 0.1) is 0 Å². The highest BCUT2D eigenvalue weighted by molar-refractivity contribution is 7.69. The minimum absolute atomic E-state index is 0.855. The molecule has 0 aromatic carbocycles. The van der Waals surface area contributed by atoms with Gasteiger partial charge in [0.15, 0.2) is 5.13 Å². The molecule has 0 radical (unpaired) electrons. The molecular weight excluding hydrogens is 166 g/mol. The van der Waals surface area contributed by atoms with Gasteiger partial charge in [-0.2, -0.15) is 4.98 Å². The Morgan fingerprint density at radius 2 is 2.10 bits per heavy atom. The summed E-state index contributed by atoms with van der Waals surface area (Å²) >= 11 is 0. The molecule has 0 spiro atoms. The van der Waals surface area contributed by atoms with Crippen molar-refractivity contribution in [1.82, 2.24) is 4.98 Å². The molecule has 5 heteroatoms. The van der Waals surface area contributed by atoms with Crippen molar-refractivity contribution in [3.05, 3.63) is 4.80 Å². The van der Waals surface area contributed by atoms with E-state index < -0.39 is 0 Å². The fourth-order valence-electron chi connectivity index (χ4n) is 0.455. The van der Waals surface area contributed by atoms with E-state index in [1.54, 1.807) is 27.7 Å². The van der Waals surface area contributed by atoms with Crippen LogP contribution in [-0.2, 0) is 0 Å². The largest absolute Gasteiger partial charge is 0.353 e. The van der Waals surface area contributed by atoms with E-state index in [4.69, 9.17) is 0 Å². The van der Waals surface area contributed by atoms with E-state index in [2.05, 4.69) is 9.98 Å². The molecule has 0 saturated heterocycles. The van der Waals surface area contributed by atoms with Gasteiger partial charge in [0, 0.05) is 21.1 Å². The van der Waals surface area contributed by atoms with Crippen molar-refractivity contribution in [2.75, 3.05) is 26.0 Å². The summed E-state index contributed by atoms with van der Waals surface area (Å²) < 4.78 is 0. The smallest absolute Gasteiger partial charge is 0.216 e. The fraction of sp³-hybridized carbons (Fsp3) is 0.600. The average Bonchev–Trinajstić information content (AvgIpc) is 2.34. The maximum atomic E-state index is 4.22. The van der Waals surface area contributed by atoms with E-state index in [0.29, 0.717) is 0 Å². The SMILES string of the molecule is CN=c1nc(N(C)C)ss1. The molecule has 0 unspecified atom stereocenters. The first-order valence-corrected chi connectivity index (χ1v) is 4.96. The lowest BCUT2D eigenvalue weighted by atomic mass is 10.9. The molecule has 1 rings (SSSR count). The Balaban J connectivity index is 3.00. The van der Waals surface area contributed by atoms with Gasteiger partial charge in [0.1, 0.15) is 0 Å². The Kier molecular flexibility index (Phi) is 2.39. The van der Waals surface area contributed by atoms with Gasteiger partial charge in [-0.15, -0.1) is 0 Å². The second-order valence-electron chi connectivity index (χ2n) is 1.96. The molecule has 0 amide bonds. The first kappa shape index (κ1) is 7.68. The second-order valence-corrected chi connectivity index (χ2v) is 4.03. The summed E-state index contributed by atoms with van der Waals surface area (Å²) in [7, 11) is 8.95. The highest BCUT2D eigenvalue weighted by Crippen LogP contribution is 2.14. The first-order chi connectivity index (χ1) is 4.74. The molecule has 0 bridgehead atoms. The van der Waals surface area contributed by atoms with Crippen LogP contribution in [0.1, 0.15) is 0 Å². The molecule has 0 atom stereocenters. The summed E-state index contributed by atoms with van der Waals surface area (Å²) in [6, 6.07) is 0. The van der Waals surface area contributed by atoms with Crippen molar-refractivity contribution < 1.29 is 0 Å². The van der Waals surface area contributed by atoms with E-state index in [1.807, 2.05) is 19.0 Å². The Morgan fingerprint density at radius 3 is 2.40 bits per heavy atom. The van der Waals surface area contributed by atoms with E-state index in [1.165, 1.54) is 0 Å². The zero-order chi connectivity index (χ0) is 7.56. The summed E-state index contributed by atoms with van der Waals surface area (Å²) in [5.41, 5.74) is 0. The minimum Gasteiger partial charge on any atom is -0.353 e. The molecule has 10 heavy (non-hydrogen) atoms. The Hall–Kier alpha value is -0.420. The van der Waals surface area contributed by atoms with Gasteiger partial charge in [-0.05, 0) is 20.7 Å². The van der Waals surface area contributed by atoms with Crippen LogP contribution in [-0.4, -0.2) is 26.1 Å². The molecule has 0 N–H and O–H groups in total. The van der Waals surface area contributed by atoms with E-state index >= 15 is 0 Å². The highest BCUT2D eigenvalue weighted by atomic mass is 32.9. The number of anilines is 1. The summed E-state index contributed by atoms with van der Waals surface area (Å²) in [6.45, 7) is 0. The van der Waals surface area contributed by atoms with E-state index in [-0.39, 0.29) is 0 Å². The third-order valence-electron chi connectivity index (χ3n) is 0.956. The minimum atomic E-state index is 0.855. The molecule has 3 nitrogen and oxygen atoms in total. The van der Waals surface area contributed by atoms with Gasteiger partial charge in [-0.3, -0.25) is 4.99 Å². The monoisotopic (exact) mass is 175 g/mol. The predicted molar refractivity (Wildman–Crippen MR) is 45.8 cm³/mol. The molecule has 0 saturated carbocycles. The Morgan fingerprint density at radius 1 is 1.40 bits per heavy atom. The quantitative estimate of drug-likeness (QED) is 0.591. The number of aromatic nitrogens is 1. The van der Waals surface area contributed by atoms with Crippen LogP contribution >= 0.6 is 20.7 Å². The molecule has 1 aromatic heterocycles. The van der Waals surface area contributed by atoms with E-state index in [9.17, 15) is 0 Å². The van der Waals surface area contributed by atoms with Gasteiger partial charge < -0.3 is 4.90 Å². The molecule has 1 aromatic rings. The molecule has 0 aliphatic heterocycles. The molecular formula is C5H9N3S2.